The topological polar surface area (TPSA) is 9.23 Å². The van der Waals surface area contributed by atoms with Gasteiger partial charge in [0.25, 0.3) is 0 Å². The van der Waals surface area contributed by atoms with Gasteiger partial charge in [0, 0.05) is 0 Å². The average Bonchev–Trinajstić information content (AvgIpc) is 1.61. The Kier molecular flexibility index (Phi) is 3.33. The monoisotopic (exact) mass is 114 g/mol. The Morgan fingerprint density at radius 1 is 1.38 bits per heavy atom. The fraction of sp³-hybridized carbons (Fsp3) is 0.714. The zero-order valence-electron chi connectivity index (χ0n) is 6.06. The van der Waals surface area contributed by atoms with Gasteiger partial charge in [0.05, 0.1) is 12.4 Å². The van der Waals surface area contributed by atoms with Crippen LogP contribution < -0.4 is 0 Å². The SMILES string of the molecule is CC(C)=COC(C)C. The fourth-order valence-electron chi connectivity index (χ4n) is 0.272. The van der Waals surface area contributed by atoms with E-state index in [0.29, 0.717) is 6.10 Å². The summed E-state index contributed by atoms with van der Waals surface area (Å²) < 4.78 is 5.14. The minimum Gasteiger partial charge on any atom is -0.499 e. The molecule has 0 bridgehead atoms. The summed E-state index contributed by atoms with van der Waals surface area (Å²) in [7, 11) is 0. The average molecular weight is 114 g/mol. The maximum atomic E-state index is 5.14. The van der Waals surface area contributed by atoms with Gasteiger partial charge >= 0.3 is 0 Å². The molecule has 0 aromatic heterocycles. The molecular weight excluding hydrogens is 100 g/mol. The first-order valence-corrected chi connectivity index (χ1v) is 2.91. The number of allylic oxidation sites excluding steroid dienone is 1. The highest BCUT2D eigenvalue weighted by Gasteiger charge is 1.85. The third-order valence-corrected chi connectivity index (χ3v) is 0.576. The third-order valence-electron chi connectivity index (χ3n) is 0.576. The van der Waals surface area contributed by atoms with Crippen molar-refractivity contribution < 1.29 is 4.74 Å². The van der Waals surface area contributed by atoms with E-state index in [1.165, 1.54) is 5.57 Å². The van der Waals surface area contributed by atoms with Gasteiger partial charge in [-0.3, -0.25) is 0 Å². The summed E-state index contributed by atoms with van der Waals surface area (Å²) >= 11 is 0. The Balaban J connectivity index is 3.29. The molecule has 0 heterocycles. The van der Waals surface area contributed by atoms with Crippen molar-refractivity contribution in [2.24, 2.45) is 0 Å². The summed E-state index contributed by atoms with van der Waals surface area (Å²) in [5.41, 5.74) is 1.21. The van der Waals surface area contributed by atoms with Gasteiger partial charge in [0.1, 0.15) is 0 Å². The molecule has 0 aromatic rings. The first-order valence-electron chi connectivity index (χ1n) is 2.91. The van der Waals surface area contributed by atoms with Gasteiger partial charge < -0.3 is 4.74 Å². The molecule has 0 unspecified atom stereocenters. The second-order valence-corrected chi connectivity index (χ2v) is 2.38. The molecule has 1 nitrogen and oxygen atoms in total. The van der Waals surface area contributed by atoms with Crippen LogP contribution in [-0.2, 0) is 4.74 Å². The lowest BCUT2D eigenvalue weighted by Gasteiger charge is -2.02. The van der Waals surface area contributed by atoms with Gasteiger partial charge in [-0.05, 0) is 33.3 Å². The van der Waals surface area contributed by atoms with Crippen LogP contribution in [0.25, 0.3) is 0 Å². The van der Waals surface area contributed by atoms with Crippen LogP contribution in [0.4, 0.5) is 0 Å². The molecule has 0 aliphatic carbocycles. The molecule has 0 spiro atoms. The van der Waals surface area contributed by atoms with Gasteiger partial charge in [-0.15, -0.1) is 0 Å². The number of ether oxygens (including phenoxy) is 1. The summed E-state index contributed by atoms with van der Waals surface area (Å²) in [5.74, 6) is 0. The Hall–Kier alpha value is -0.460. The molecular formula is C7H14O. The normalized spacial score (nSPS) is 9.12. The van der Waals surface area contributed by atoms with E-state index < -0.39 is 0 Å². The highest BCUT2D eigenvalue weighted by molar-refractivity contribution is 4.86. The molecule has 0 radical (unpaired) electrons. The molecule has 8 heavy (non-hydrogen) atoms. The van der Waals surface area contributed by atoms with Gasteiger partial charge in [-0.25, -0.2) is 0 Å². The fourth-order valence-corrected chi connectivity index (χ4v) is 0.272. The summed E-state index contributed by atoms with van der Waals surface area (Å²) in [6, 6.07) is 0. The molecule has 0 rings (SSSR count). The summed E-state index contributed by atoms with van der Waals surface area (Å²) in [6.07, 6.45) is 2.09. The van der Waals surface area contributed by atoms with Crippen molar-refractivity contribution in [3.05, 3.63) is 11.8 Å². The molecule has 0 fully saturated rings. The maximum Gasteiger partial charge on any atom is 0.0922 e. The molecule has 0 atom stereocenters. The molecule has 0 saturated heterocycles. The Bertz CT molecular complexity index is 78.4. The van der Waals surface area contributed by atoms with E-state index in [1.807, 2.05) is 27.7 Å². The van der Waals surface area contributed by atoms with Crippen molar-refractivity contribution in [2.45, 2.75) is 33.8 Å². The summed E-state index contributed by atoms with van der Waals surface area (Å²) in [4.78, 5) is 0. The Labute approximate surface area is 51.4 Å². The van der Waals surface area contributed by atoms with E-state index in [0.717, 1.165) is 0 Å². The van der Waals surface area contributed by atoms with Crippen LogP contribution in [0.3, 0.4) is 0 Å². The second-order valence-electron chi connectivity index (χ2n) is 2.38. The van der Waals surface area contributed by atoms with Crippen LogP contribution >= 0.6 is 0 Å². The largest absolute Gasteiger partial charge is 0.499 e. The van der Waals surface area contributed by atoms with Gasteiger partial charge in [0.2, 0.25) is 0 Å². The first-order chi connectivity index (χ1) is 3.63. The van der Waals surface area contributed by atoms with E-state index >= 15 is 0 Å². The zero-order valence-corrected chi connectivity index (χ0v) is 6.06. The van der Waals surface area contributed by atoms with Crippen LogP contribution in [0.5, 0.6) is 0 Å². The Morgan fingerprint density at radius 3 is 2.00 bits per heavy atom. The van der Waals surface area contributed by atoms with Crippen molar-refractivity contribution in [3.8, 4) is 0 Å². The lowest BCUT2D eigenvalue weighted by atomic mass is 10.4. The molecule has 0 aliphatic heterocycles. The third kappa shape index (κ3) is 5.54. The molecule has 0 amide bonds. The van der Waals surface area contributed by atoms with Gasteiger partial charge in [0.15, 0.2) is 0 Å². The molecule has 0 saturated carbocycles. The predicted octanol–water partition coefficient (Wildman–Crippen LogP) is 2.34. The van der Waals surface area contributed by atoms with Crippen LogP contribution in [0.15, 0.2) is 11.8 Å². The first kappa shape index (κ1) is 7.54. The van der Waals surface area contributed by atoms with E-state index in [1.54, 1.807) is 6.26 Å². The highest BCUT2D eigenvalue weighted by Crippen LogP contribution is 1.93. The second kappa shape index (κ2) is 3.53. The van der Waals surface area contributed by atoms with Crippen LogP contribution in [0.1, 0.15) is 27.7 Å². The zero-order chi connectivity index (χ0) is 6.57. The van der Waals surface area contributed by atoms with E-state index in [-0.39, 0.29) is 0 Å². The van der Waals surface area contributed by atoms with Crippen LogP contribution in [0.2, 0.25) is 0 Å². The van der Waals surface area contributed by atoms with Crippen molar-refractivity contribution in [3.63, 3.8) is 0 Å². The predicted molar refractivity (Wildman–Crippen MR) is 35.7 cm³/mol. The standard InChI is InChI=1S/C7H14O/c1-6(2)5-8-7(3)4/h5,7H,1-4H3. The quantitative estimate of drug-likeness (QED) is 0.501. The van der Waals surface area contributed by atoms with E-state index in [2.05, 4.69) is 0 Å². The smallest absolute Gasteiger partial charge is 0.0922 e. The van der Waals surface area contributed by atoms with Gasteiger partial charge in [-0.1, -0.05) is 0 Å². The minimum absolute atomic E-state index is 0.310. The van der Waals surface area contributed by atoms with E-state index in [4.69, 9.17) is 4.74 Å². The van der Waals surface area contributed by atoms with E-state index in [9.17, 15) is 0 Å². The molecule has 0 N–H and O–H groups in total. The lowest BCUT2D eigenvalue weighted by Crippen LogP contribution is -1.94. The molecule has 0 aromatic carbocycles. The summed E-state index contributed by atoms with van der Waals surface area (Å²) in [5, 5.41) is 0. The Morgan fingerprint density at radius 2 is 1.88 bits per heavy atom. The molecule has 48 valence electrons. The molecule has 0 aliphatic rings. The van der Waals surface area contributed by atoms with Crippen molar-refractivity contribution in [2.75, 3.05) is 0 Å². The molecule has 1 heteroatoms. The van der Waals surface area contributed by atoms with Crippen molar-refractivity contribution in [1.29, 1.82) is 0 Å². The van der Waals surface area contributed by atoms with Crippen LogP contribution in [0, 0.1) is 0 Å². The van der Waals surface area contributed by atoms with Crippen molar-refractivity contribution in [1.82, 2.24) is 0 Å². The van der Waals surface area contributed by atoms with Gasteiger partial charge in [-0.2, -0.15) is 0 Å². The number of hydrogen-bond acceptors (Lipinski definition) is 1. The number of hydrogen-bond donors (Lipinski definition) is 0. The summed E-state index contributed by atoms with van der Waals surface area (Å²) in [6.45, 7) is 8.06. The van der Waals surface area contributed by atoms with Crippen molar-refractivity contribution >= 4 is 0 Å². The highest BCUT2D eigenvalue weighted by atomic mass is 16.5. The van der Waals surface area contributed by atoms with Crippen LogP contribution in [-0.4, -0.2) is 6.10 Å². The number of rotatable bonds is 2. The lowest BCUT2D eigenvalue weighted by molar-refractivity contribution is 0.177. The maximum absolute atomic E-state index is 5.14. The minimum atomic E-state index is 0.310.